The van der Waals surface area contributed by atoms with E-state index in [9.17, 15) is 13.2 Å². The van der Waals surface area contributed by atoms with Gasteiger partial charge in [0.1, 0.15) is 22.3 Å². The number of carbonyl (C=O) groups is 1. The third kappa shape index (κ3) is 5.66. The molecule has 0 bridgehead atoms. The van der Waals surface area contributed by atoms with Crippen molar-refractivity contribution in [1.29, 1.82) is 0 Å². The van der Waals surface area contributed by atoms with Crippen LogP contribution in [0.15, 0.2) is 59.5 Å². The average Bonchev–Trinajstić information content (AvgIpc) is 3.28. The first kappa shape index (κ1) is 28.3. The number of aryl methyl sites for hydroxylation is 2. The lowest BCUT2D eigenvalue weighted by Gasteiger charge is -2.24. The van der Waals surface area contributed by atoms with E-state index in [2.05, 4.69) is 15.2 Å². The molecule has 2 atom stereocenters. The maximum absolute atomic E-state index is 13.8. The molecule has 1 aliphatic heterocycles. The highest BCUT2D eigenvalue weighted by molar-refractivity contribution is 7.89. The molecule has 11 heteroatoms. The van der Waals surface area contributed by atoms with Crippen LogP contribution in [-0.2, 0) is 33.1 Å². The number of ether oxygens (including phenoxy) is 2. The monoisotopic (exact) mass is 573 g/mol. The molecule has 5 rings (SSSR count). The van der Waals surface area contributed by atoms with E-state index in [0.717, 1.165) is 27.8 Å². The molecular weight excluding hydrogens is 542 g/mol. The van der Waals surface area contributed by atoms with Gasteiger partial charge in [0.25, 0.3) is 0 Å². The van der Waals surface area contributed by atoms with Gasteiger partial charge in [-0.15, -0.1) is 5.10 Å². The molecule has 0 saturated heterocycles. The second-order valence-electron chi connectivity index (χ2n) is 10.2. The molecule has 1 unspecified atom stereocenters. The van der Waals surface area contributed by atoms with Gasteiger partial charge in [-0.3, -0.25) is 4.79 Å². The van der Waals surface area contributed by atoms with E-state index < -0.39 is 16.1 Å². The summed E-state index contributed by atoms with van der Waals surface area (Å²) in [6.07, 6.45) is -0.287. The Hall–Kier alpha value is -4.27. The number of nitrogens with zero attached hydrogens (tertiary/aromatic N) is 5. The minimum atomic E-state index is -3.96. The third-order valence-electron chi connectivity index (χ3n) is 7.30. The molecule has 10 nitrogen and oxygen atoms in total. The number of benzene rings is 3. The molecule has 0 aliphatic carbocycles. The minimum Gasteiger partial charge on any atom is -0.488 e. The number of aromatic nitrogens is 3. The number of fused-ring (bicyclic) bond motifs is 2. The summed E-state index contributed by atoms with van der Waals surface area (Å²) in [7, 11) is -2.14. The van der Waals surface area contributed by atoms with Crippen LogP contribution in [0.25, 0.3) is 15.9 Å². The molecule has 41 heavy (non-hydrogen) atoms. The van der Waals surface area contributed by atoms with E-state index in [4.69, 9.17) is 16.0 Å². The van der Waals surface area contributed by atoms with Crippen LogP contribution in [0.2, 0.25) is 0 Å². The Balaban J connectivity index is 1.54. The van der Waals surface area contributed by atoms with Gasteiger partial charge in [-0.25, -0.2) is 17.9 Å². The van der Waals surface area contributed by atoms with Gasteiger partial charge in [-0.05, 0) is 67.3 Å². The van der Waals surface area contributed by atoms with Crippen molar-refractivity contribution in [3.05, 3.63) is 88.3 Å². The molecule has 0 fully saturated rings. The van der Waals surface area contributed by atoms with Crippen LogP contribution in [0.5, 0.6) is 5.75 Å². The summed E-state index contributed by atoms with van der Waals surface area (Å²) in [6.45, 7) is 13.4. The van der Waals surface area contributed by atoms with Gasteiger partial charge in [0.2, 0.25) is 10.0 Å². The first-order chi connectivity index (χ1) is 19.6. The fourth-order valence-corrected chi connectivity index (χ4v) is 6.78. The Morgan fingerprint density at radius 3 is 2.68 bits per heavy atom. The first-order valence-electron chi connectivity index (χ1n) is 13.3. The van der Waals surface area contributed by atoms with Crippen LogP contribution in [0, 0.1) is 13.5 Å². The van der Waals surface area contributed by atoms with Crippen LogP contribution < -0.4 is 4.74 Å². The molecule has 0 N–H and O–H groups in total. The fraction of sp³-hybridized carbons (Fsp3) is 0.333. The Morgan fingerprint density at radius 2 is 1.93 bits per heavy atom. The molecule has 3 aromatic carbocycles. The van der Waals surface area contributed by atoms with E-state index in [1.165, 1.54) is 10.4 Å². The van der Waals surface area contributed by atoms with Gasteiger partial charge in [0.15, 0.2) is 5.69 Å². The zero-order chi connectivity index (χ0) is 29.3. The van der Waals surface area contributed by atoms with Crippen LogP contribution >= 0.6 is 0 Å². The minimum absolute atomic E-state index is 0.0124. The van der Waals surface area contributed by atoms with Gasteiger partial charge in [0.05, 0.1) is 31.7 Å². The Labute approximate surface area is 239 Å². The lowest BCUT2D eigenvalue weighted by molar-refractivity contribution is -0.143. The first-order valence-corrected chi connectivity index (χ1v) is 14.8. The van der Waals surface area contributed by atoms with Crippen LogP contribution in [0.3, 0.4) is 0 Å². The van der Waals surface area contributed by atoms with E-state index in [0.29, 0.717) is 5.52 Å². The Bertz CT molecular complexity index is 1780. The number of hydrogen-bond acceptors (Lipinski definition) is 7. The molecule has 2 heterocycles. The second kappa shape index (κ2) is 11.3. The fourth-order valence-electron chi connectivity index (χ4n) is 5.15. The van der Waals surface area contributed by atoms with Gasteiger partial charge in [0, 0.05) is 19.5 Å². The summed E-state index contributed by atoms with van der Waals surface area (Å²) < 4.78 is 41.9. The lowest BCUT2D eigenvalue weighted by Crippen LogP contribution is -2.35. The summed E-state index contributed by atoms with van der Waals surface area (Å²) in [5.74, 6) is -0.427. The maximum atomic E-state index is 13.8. The lowest BCUT2D eigenvalue weighted by atomic mass is 9.86. The molecule has 212 valence electrons. The molecule has 0 spiro atoms. The second-order valence-corrected chi connectivity index (χ2v) is 12.1. The van der Waals surface area contributed by atoms with Gasteiger partial charge < -0.3 is 9.47 Å². The van der Waals surface area contributed by atoms with Crippen molar-refractivity contribution in [2.24, 2.45) is 7.05 Å². The van der Waals surface area contributed by atoms with E-state index >= 15 is 0 Å². The summed E-state index contributed by atoms with van der Waals surface area (Å²) in [5.41, 5.74) is 5.27. The molecule has 1 aromatic heterocycles. The van der Waals surface area contributed by atoms with Crippen molar-refractivity contribution in [3.63, 3.8) is 0 Å². The third-order valence-corrected chi connectivity index (χ3v) is 9.13. The highest BCUT2D eigenvalue weighted by Crippen LogP contribution is 2.36. The summed E-state index contributed by atoms with van der Waals surface area (Å²) in [4.78, 5) is 16.1. The van der Waals surface area contributed by atoms with Crippen LogP contribution in [-0.4, -0.2) is 52.9 Å². The normalized spacial score (nSPS) is 17.2. The van der Waals surface area contributed by atoms with Crippen molar-refractivity contribution in [2.75, 3.05) is 13.2 Å². The predicted octanol–water partition coefficient (Wildman–Crippen LogP) is 4.88. The highest BCUT2D eigenvalue weighted by atomic mass is 32.2. The van der Waals surface area contributed by atoms with Crippen molar-refractivity contribution < 1.29 is 22.7 Å². The molecule has 0 radical (unpaired) electrons. The van der Waals surface area contributed by atoms with Gasteiger partial charge >= 0.3 is 5.97 Å². The van der Waals surface area contributed by atoms with E-state index in [-0.39, 0.29) is 54.3 Å². The van der Waals surface area contributed by atoms with Crippen LogP contribution in [0.1, 0.15) is 48.4 Å². The number of rotatable bonds is 7. The predicted molar refractivity (Wildman–Crippen MR) is 153 cm³/mol. The average molecular weight is 574 g/mol. The Kier molecular flexibility index (Phi) is 7.80. The van der Waals surface area contributed by atoms with Gasteiger partial charge in [-0.1, -0.05) is 35.5 Å². The summed E-state index contributed by atoms with van der Waals surface area (Å²) in [6, 6.07) is 16.1. The topological polar surface area (TPSA) is 108 Å². The van der Waals surface area contributed by atoms with Crippen molar-refractivity contribution in [1.82, 2.24) is 19.3 Å². The van der Waals surface area contributed by atoms with Crippen molar-refractivity contribution in [2.45, 2.75) is 50.7 Å². The maximum Gasteiger partial charge on any atom is 0.306 e. The van der Waals surface area contributed by atoms with Crippen molar-refractivity contribution in [3.8, 4) is 5.75 Å². The molecule has 0 amide bonds. The molecule has 0 saturated carbocycles. The standard InChI is InChI=1S/C30H31N5O5S/c1-6-39-30(36)16-25(22-9-11-27-26(14-22)32-33-34(27)5)21-8-7-19(2)23(13-21)18-35-17-20(3)40-28-12-10-24(31-4)15-29(28)41(35,37)38/h7-15,20,25H,6,16-18H2,1-3,5H3/t20-,25?/m1/s1. The smallest absolute Gasteiger partial charge is 0.306 e. The quantitative estimate of drug-likeness (QED) is 0.229. The number of carbonyl (C=O) groups excluding carboxylic acids is 1. The molecule has 4 aromatic rings. The van der Waals surface area contributed by atoms with E-state index in [1.807, 2.05) is 57.3 Å². The molecule has 1 aliphatic rings. The van der Waals surface area contributed by atoms with E-state index in [1.54, 1.807) is 23.7 Å². The van der Waals surface area contributed by atoms with Gasteiger partial charge in [-0.2, -0.15) is 4.31 Å². The SMILES string of the molecule is [C-]#[N+]c1ccc2c(c1)S(=O)(=O)N(Cc1cc(C(CC(=O)OCC)c3ccc4c(c3)nnn4C)ccc1C)C[C@@H](C)O2. The number of sulfonamides is 1. The Morgan fingerprint density at radius 1 is 1.17 bits per heavy atom. The van der Waals surface area contributed by atoms with Crippen molar-refractivity contribution >= 4 is 32.7 Å². The van der Waals surface area contributed by atoms with Crippen LogP contribution in [0.4, 0.5) is 5.69 Å². The largest absolute Gasteiger partial charge is 0.488 e. The zero-order valence-electron chi connectivity index (χ0n) is 23.4. The molecular formula is C30H31N5O5S. The number of esters is 1. The summed E-state index contributed by atoms with van der Waals surface area (Å²) in [5, 5.41) is 8.33. The summed E-state index contributed by atoms with van der Waals surface area (Å²) >= 11 is 0. The zero-order valence-corrected chi connectivity index (χ0v) is 24.2. The highest BCUT2D eigenvalue weighted by Gasteiger charge is 2.34. The number of hydrogen-bond donors (Lipinski definition) is 0.